The van der Waals surface area contributed by atoms with Gasteiger partial charge in [-0.15, -0.1) is 11.8 Å². The standard InChI is InChI=1S/C12H11BrF3NS/c1-7-6-18-8(2)17(7)9-3-4-11(13)10(5-9)12(14,15)16/h3-6,8H,1-2H3. The Balaban J connectivity index is 2.45. The summed E-state index contributed by atoms with van der Waals surface area (Å²) in [5, 5.41) is 2.08. The molecular formula is C12H11BrF3NS. The molecule has 1 aliphatic heterocycles. The lowest BCUT2D eigenvalue weighted by atomic mass is 10.1. The monoisotopic (exact) mass is 337 g/mol. The molecule has 0 aromatic heterocycles. The van der Waals surface area contributed by atoms with Crippen molar-refractivity contribution in [2.75, 3.05) is 4.90 Å². The Morgan fingerprint density at radius 2 is 2.00 bits per heavy atom. The van der Waals surface area contributed by atoms with Gasteiger partial charge in [-0.05, 0) is 37.5 Å². The predicted octanol–water partition coefficient (Wildman–Crippen LogP) is 5.23. The summed E-state index contributed by atoms with van der Waals surface area (Å²) < 4.78 is 38.6. The van der Waals surface area contributed by atoms with Crippen LogP contribution in [0.15, 0.2) is 33.8 Å². The van der Waals surface area contributed by atoms with E-state index in [1.165, 1.54) is 12.1 Å². The molecule has 1 nitrogen and oxygen atoms in total. The Labute approximate surface area is 116 Å². The first-order chi connectivity index (χ1) is 8.30. The minimum atomic E-state index is -4.34. The van der Waals surface area contributed by atoms with Gasteiger partial charge in [-0.3, -0.25) is 0 Å². The molecule has 0 radical (unpaired) electrons. The number of halogens is 4. The van der Waals surface area contributed by atoms with Crippen LogP contribution in [0.3, 0.4) is 0 Å². The highest BCUT2D eigenvalue weighted by molar-refractivity contribution is 9.10. The SMILES string of the molecule is CC1=CSC(C)N1c1ccc(Br)c(C(F)(F)F)c1. The molecule has 0 aliphatic carbocycles. The van der Waals surface area contributed by atoms with Gasteiger partial charge in [-0.1, -0.05) is 15.9 Å². The van der Waals surface area contributed by atoms with Crippen LogP contribution >= 0.6 is 27.7 Å². The van der Waals surface area contributed by atoms with Gasteiger partial charge >= 0.3 is 6.18 Å². The molecule has 1 aliphatic rings. The minimum Gasteiger partial charge on any atom is -0.332 e. The number of thioether (sulfide) groups is 1. The van der Waals surface area contributed by atoms with Gasteiger partial charge < -0.3 is 4.90 Å². The zero-order valence-corrected chi connectivity index (χ0v) is 12.2. The van der Waals surface area contributed by atoms with Crippen LogP contribution in [0.1, 0.15) is 19.4 Å². The summed E-state index contributed by atoms with van der Waals surface area (Å²) in [6.07, 6.45) is -4.34. The van der Waals surface area contributed by atoms with Gasteiger partial charge in [0.05, 0.1) is 10.9 Å². The third-order valence-corrected chi connectivity index (χ3v) is 4.49. The van der Waals surface area contributed by atoms with E-state index >= 15 is 0 Å². The van der Waals surface area contributed by atoms with Crippen LogP contribution in [0.25, 0.3) is 0 Å². The maximum Gasteiger partial charge on any atom is 0.417 e. The summed E-state index contributed by atoms with van der Waals surface area (Å²) in [7, 11) is 0. The molecule has 1 unspecified atom stereocenters. The topological polar surface area (TPSA) is 3.24 Å². The Bertz CT molecular complexity index is 499. The Kier molecular flexibility index (Phi) is 3.69. The van der Waals surface area contributed by atoms with Crippen LogP contribution in [-0.2, 0) is 6.18 Å². The van der Waals surface area contributed by atoms with Crippen molar-refractivity contribution < 1.29 is 13.2 Å². The number of benzene rings is 1. The average Bonchev–Trinajstić information content (AvgIpc) is 2.58. The first kappa shape index (κ1) is 13.8. The molecule has 1 atom stereocenters. The first-order valence-corrected chi connectivity index (χ1v) is 7.02. The molecule has 1 aromatic carbocycles. The molecule has 1 heterocycles. The van der Waals surface area contributed by atoms with E-state index in [1.807, 2.05) is 24.2 Å². The zero-order valence-electron chi connectivity index (χ0n) is 9.75. The number of rotatable bonds is 1. The summed E-state index contributed by atoms with van der Waals surface area (Å²) in [4.78, 5) is 1.90. The van der Waals surface area contributed by atoms with Crippen LogP contribution in [0, 0.1) is 0 Å². The predicted molar refractivity (Wildman–Crippen MR) is 72.4 cm³/mol. The maximum absolute atomic E-state index is 12.8. The lowest BCUT2D eigenvalue weighted by Crippen LogP contribution is -2.24. The van der Waals surface area contributed by atoms with Crippen LogP contribution in [0.2, 0.25) is 0 Å². The van der Waals surface area contributed by atoms with E-state index in [-0.39, 0.29) is 9.85 Å². The quantitative estimate of drug-likeness (QED) is 0.690. The Morgan fingerprint density at radius 1 is 1.33 bits per heavy atom. The molecule has 0 fully saturated rings. The fraction of sp³-hybridized carbons (Fsp3) is 0.333. The highest BCUT2D eigenvalue weighted by Crippen LogP contribution is 2.40. The number of alkyl halides is 3. The molecule has 0 spiro atoms. The highest BCUT2D eigenvalue weighted by atomic mass is 79.9. The van der Waals surface area contributed by atoms with Crippen molar-refractivity contribution in [3.63, 3.8) is 0 Å². The molecule has 0 bridgehead atoms. The minimum absolute atomic E-state index is 0.0693. The number of allylic oxidation sites excluding steroid dienone is 1. The van der Waals surface area contributed by atoms with Crippen molar-refractivity contribution in [3.05, 3.63) is 39.3 Å². The molecule has 0 saturated carbocycles. The summed E-state index contributed by atoms with van der Waals surface area (Å²) in [5.41, 5.74) is 0.886. The smallest absolute Gasteiger partial charge is 0.332 e. The van der Waals surface area contributed by atoms with E-state index in [9.17, 15) is 13.2 Å². The Hall–Kier alpha value is -0.620. The van der Waals surface area contributed by atoms with Gasteiger partial charge in [-0.25, -0.2) is 0 Å². The molecular weight excluding hydrogens is 327 g/mol. The molecule has 18 heavy (non-hydrogen) atoms. The number of nitrogens with zero attached hydrogens (tertiary/aromatic N) is 1. The van der Waals surface area contributed by atoms with E-state index in [0.29, 0.717) is 5.69 Å². The normalized spacial score (nSPS) is 20.2. The fourth-order valence-corrected chi connectivity index (χ4v) is 3.28. The van der Waals surface area contributed by atoms with Crippen LogP contribution < -0.4 is 4.90 Å². The molecule has 0 N–H and O–H groups in total. The number of anilines is 1. The first-order valence-electron chi connectivity index (χ1n) is 5.29. The van der Waals surface area contributed by atoms with Crippen molar-refractivity contribution in [1.82, 2.24) is 0 Å². The molecule has 98 valence electrons. The van der Waals surface area contributed by atoms with Gasteiger partial charge in [0.2, 0.25) is 0 Å². The molecule has 2 rings (SSSR count). The van der Waals surface area contributed by atoms with Crippen LogP contribution in [-0.4, -0.2) is 5.37 Å². The summed E-state index contributed by atoms with van der Waals surface area (Å²) >= 11 is 4.54. The second-order valence-corrected chi connectivity index (χ2v) is 6.07. The van der Waals surface area contributed by atoms with Gasteiger partial charge in [-0.2, -0.15) is 13.2 Å². The second-order valence-electron chi connectivity index (χ2n) is 4.03. The zero-order chi connectivity index (χ0) is 13.5. The van der Waals surface area contributed by atoms with E-state index in [1.54, 1.807) is 17.8 Å². The molecule has 1 aromatic rings. The highest BCUT2D eigenvalue weighted by Gasteiger charge is 2.34. The fourth-order valence-electron chi connectivity index (χ4n) is 1.90. The van der Waals surface area contributed by atoms with Crippen molar-refractivity contribution in [3.8, 4) is 0 Å². The van der Waals surface area contributed by atoms with Crippen molar-refractivity contribution in [2.45, 2.75) is 25.4 Å². The third-order valence-electron chi connectivity index (χ3n) is 2.71. The van der Waals surface area contributed by atoms with E-state index in [0.717, 1.165) is 5.70 Å². The third kappa shape index (κ3) is 2.54. The molecule has 0 saturated heterocycles. The Morgan fingerprint density at radius 3 is 2.50 bits per heavy atom. The number of hydrogen-bond acceptors (Lipinski definition) is 2. The lowest BCUT2D eigenvalue weighted by molar-refractivity contribution is -0.138. The van der Waals surface area contributed by atoms with Gasteiger partial charge in [0.25, 0.3) is 0 Å². The van der Waals surface area contributed by atoms with Crippen LogP contribution in [0.4, 0.5) is 18.9 Å². The van der Waals surface area contributed by atoms with Crippen molar-refractivity contribution in [2.24, 2.45) is 0 Å². The number of hydrogen-bond donors (Lipinski definition) is 0. The van der Waals surface area contributed by atoms with Crippen molar-refractivity contribution in [1.29, 1.82) is 0 Å². The average molecular weight is 338 g/mol. The van der Waals surface area contributed by atoms with E-state index in [2.05, 4.69) is 15.9 Å². The van der Waals surface area contributed by atoms with E-state index < -0.39 is 11.7 Å². The van der Waals surface area contributed by atoms with Crippen molar-refractivity contribution >= 4 is 33.4 Å². The largest absolute Gasteiger partial charge is 0.417 e. The van der Waals surface area contributed by atoms with E-state index in [4.69, 9.17) is 0 Å². The maximum atomic E-state index is 12.8. The van der Waals surface area contributed by atoms with Gasteiger partial charge in [0, 0.05) is 15.9 Å². The summed E-state index contributed by atoms with van der Waals surface area (Å²) in [6, 6.07) is 4.32. The molecule has 6 heteroatoms. The van der Waals surface area contributed by atoms with Gasteiger partial charge in [0.1, 0.15) is 0 Å². The van der Waals surface area contributed by atoms with Gasteiger partial charge in [0.15, 0.2) is 0 Å². The second kappa shape index (κ2) is 4.81. The molecule has 0 amide bonds. The summed E-state index contributed by atoms with van der Waals surface area (Å²) in [5.74, 6) is 0. The summed E-state index contributed by atoms with van der Waals surface area (Å²) in [6.45, 7) is 3.86. The van der Waals surface area contributed by atoms with Crippen LogP contribution in [0.5, 0.6) is 0 Å². The lowest BCUT2D eigenvalue weighted by Gasteiger charge is -2.26.